The number of rotatable bonds is 15. The number of quaternary nitrogens is 1. The Morgan fingerprint density at radius 3 is 2.54 bits per heavy atom. The zero-order valence-corrected chi connectivity index (χ0v) is 31.7. The average molecular weight is 772 g/mol. The SMILES string of the molecule is COc1cc(OC)c(F)c(N2Cc3cnc(Nc4ccn(C)n4)nc3N(C(C)c3cccc(CC(=O)/C=C/C[N+](C)(C)CC4=C([N+](=O)[O-])N=CC4)c3)C2=O)c1F. The molecule has 2 aromatic heterocycles. The predicted molar refractivity (Wildman–Crippen MR) is 204 cm³/mol. The Morgan fingerprint density at radius 2 is 1.88 bits per heavy atom. The summed E-state index contributed by atoms with van der Waals surface area (Å²) < 4.78 is 44.0. The molecule has 1 atom stereocenters. The third-order valence-electron chi connectivity index (χ3n) is 9.37. The summed E-state index contributed by atoms with van der Waals surface area (Å²) in [5.41, 5.74) is 1.65. The minimum absolute atomic E-state index is 0.0476. The van der Waals surface area contributed by atoms with Crippen molar-refractivity contribution in [3.05, 3.63) is 111 Å². The lowest BCUT2D eigenvalue weighted by Crippen LogP contribution is -2.49. The van der Waals surface area contributed by atoms with E-state index in [0.29, 0.717) is 52.1 Å². The number of hydrogen-bond donors (Lipinski definition) is 1. The van der Waals surface area contributed by atoms with Gasteiger partial charge in [-0.2, -0.15) is 10.1 Å². The molecule has 4 aromatic rings. The van der Waals surface area contributed by atoms with E-state index in [0.717, 1.165) is 11.0 Å². The van der Waals surface area contributed by atoms with Gasteiger partial charge in [-0.3, -0.25) is 19.3 Å². The molecule has 2 amide bonds. The number of aliphatic imine (C=N–C) groups is 1. The maximum absolute atomic E-state index is 15.9. The van der Waals surface area contributed by atoms with Gasteiger partial charge in [0.2, 0.25) is 5.95 Å². The number of hydrogen-bond acceptors (Lipinski definition) is 11. The molecule has 0 aliphatic carbocycles. The van der Waals surface area contributed by atoms with E-state index in [1.165, 1.54) is 37.6 Å². The number of fused-ring (bicyclic) bond motifs is 1. The zero-order valence-electron chi connectivity index (χ0n) is 31.7. The molecule has 2 aromatic carbocycles. The highest BCUT2D eigenvalue weighted by Crippen LogP contribution is 2.42. The summed E-state index contributed by atoms with van der Waals surface area (Å²) in [4.78, 5) is 53.7. The number of amides is 2. The van der Waals surface area contributed by atoms with E-state index in [2.05, 4.69) is 25.4 Å². The van der Waals surface area contributed by atoms with Crippen molar-refractivity contribution < 1.29 is 37.2 Å². The van der Waals surface area contributed by atoms with Crippen LogP contribution < -0.4 is 24.6 Å². The van der Waals surface area contributed by atoms with Crippen LogP contribution in [0.4, 0.5) is 36.8 Å². The van der Waals surface area contributed by atoms with E-state index in [1.807, 2.05) is 14.1 Å². The summed E-state index contributed by atoms with van der Waals surface area (Å²) in [6, 6.07) is 8.36. The Hall–Kier alpha value is -6.56. The molecule has 1 N–H and O–H groups in total. The van der Waals surface area contributed by atoms with Gasteiger partial charge >= 0.3 is 11.9 Å². The van der Waals surface area contributed by atoms with Gasteiger partial charge in [0.05, 0.1) is 53.0 Å². The number of carbonyl (C=O) groups is 2. The van der Waals surface area contributed by atoms with Crippen molar-refractivity contribution >= 4 is 41.3 Å². The first kappa shape index (κ1) is 39.1. The molecule has 0 bridgehead atoms. The van der Waals surface area contributed by atoms with Gasteiger partial charge in [-0.1, -0.05) is 29.3 Å². The van der Waals surface area contributed by atoms with E-state index in [4.69, 9.17) is 9.47 Å². The van der Waals surface area contributed by atoms with Crippen LogP contribution in [-0.2, 0) is 24.8 Å². The molecule has 0 fully saturated rings. The normalized spacial score (nSPS) is 14.8. The molecular formula is C38H41F2N10O6+. The molecule has 0 spiro atoms. The Morgan fingerprint density at radius 1 is 1.14 bits per heavy atom. The highest BCUT2D eigenvalue weighted by Gasteiger charge is 2.40. The molecule has 18 heteroatoms. The number of allylic oxidation sites excluding steroid dienone is 1. The van der Waals surface area contributed by atoms with Crippen LogP contribution in [0.5, 0.6) is 11.5 Å². The van der Waals surface area contributed by atoms with Gasteiger partial charge < -0.3 is 29.4 Å². The second-order valence-electron chi connectivity index (χ2n) is 14.0. The van der Waals surface area contributed by atoms with Crippen LogP contribution in [0.3, 0.4) is 0 Å². The Bertz CT molecular complexity index is 2260. The number of nitrogens with one attached hydrogen (secondary N) is 1. The van der Waals surface area contributed by atoms with Crippen LogP contribution in [0.25, 0.3) is 0 Å². The lowest BCUT2D eigenvalue weighted by Gasteiger charge is -2.39. The second-order valence-corrected chi connectivity index (χ2v) is 14.0. The minimum atomic E-state index is -1.09. The largest absolute Gasteiger partial charge is 0.493 e. The maximum Gasteiger partial charge on any atom is 0.368 e. The molecule has 0 saturated heterocycles. The van der Waals surface area contributed by atoms with E-state index in [9.17, 15) is 19.7 Å². The zero-order chi connectivity index (χ0) is 40.3. The molecule has 6 rings (SSSR count). The van der Waals surface area contributed by atoms with Crippen molar-refractivity contribution in [2.45, 2.75) is 32.4 Å². The van der Waals surface area contributed by atoms with Crippen molar-refractivity contribution in [1.29, 1.82) is 0 Å². The smallest absolute Gasteiger partial charge is 0.368 e. The maximum atomic E-state index is 15.9. The number of likely N-dealkylation sites (N-methyl/N-ethyl adjacent to an activating group) is 1. The van der Waals surface area contributed by atoms with Crippen molar-refractivity contribution in [3.8, 4) is 11.5 Å². The topological polar surface area (TPSA) is 170 Å². The van der Waals surface area contributed by atoms with Gasteiger partial charge in [-0.25, -0.2) is 18.6 Å². The number of ether oxygens (including phenoxy) is 2. The number of halogens is 2. The summed E-state index contributed by atoms with van der Waals surface area (Å²) in [6.07, 6.45) is 8.44. The third kappa shape index (κ3) is 8.24. The first-order valence-electron chi connectivity index (χ1n) is 17.5. The van der Waals surface area contributed by atoms with Gasteiger partial charge in [0.25, 0.3) is 0 Å². The van der Waals surface area contributed by atoms with E-state index >= 15 is 8.78 Å². The fourth-order valence-corrected chi connectivity index (χ4v) is 6.63. The number of urea groups is 1. The number of nitrogens with zero attached hydrogens (tertiary/aromatic N) is 9. The summed E-state index contributed by atoms with van der Waals surface area (Å²) in [7, 11) is 8.03. The van der Waals surface area contributed by atoms with Gasteiger partial charge in [-0.05, 0) is 35.1 Å². The quantitative estimate of drug-likeness (QED) is 0.0688. The molecular weight excluding hydrogens is 730 g/mol. The monoisotopic (exact) mass is 771 g/mol. The average Bonchev–Trinajstić information content (AvgIpc) is 3.79. The molecule has 1 unspecified atom stereocenters. The van der Waals surface area contributed by atoms with Gasteiger partial charge in [-0.15, -0.1) is 0 Å². The molecule has 2 aliphatic rings. The Kier molecular flexibility index (Phi) is 11.2. The van der Waals surface area contributed by atoms with Crippen molar-refractivity contribution in [1.82, 2.24) is 19.7 Å². The van der Waals surface area contributed by atoms with E-state index in [-0.39, 0.29) is 47.8 Å². The van der Waals surface area contributed by atoms with E-state index < -0.39 is 34.3 Å². The van der Waals surface area contributed by atoms with Crippen molar-refractivity contribution in [2.24, 2.45) is 12.0 Å². The number of carbonyl (C=O) groups excluding carboxylic acids is 2. The molecule has 16 nitrogen and oxygen atoms in total. The van der Waals surface area contributed by atoms with Crippen molar-refractivity contribution in [3.63, 3.8) is 0 Å². The lowest BCUT2D eigenvalue weighted by molar-refractivity contribution is -0.880. The van der Waals surface area contributed by atoms with E-state index in [1.54, 1.807) is 61.3 Å². The fraction of sp³-hybridized carbons (Fsp3) is 0.316. The minimum Gasteiger partial charge on any atom is -0.493 e. The Labute approximate surface area is 321 Å². The summed E-state index contributed by atoms with van der Waals surface area (Å²) in [5, 5.41) is 18.6. The lowest BCUT2D eigenvalue weighted by atomic mass is 10.00. The molecule has 0 radical (unpaired) electrons. The van der Waals surface area contributed by atoms with Gasteiger partial charge in [0.15, 0.2) is 34.7 Å². The van der Waals surface area contributed by atoms with Crippen LogP contribution >= 0.6 is 0 Å². The summed E-state index contributed by atoms with van der Waals surface area (Å²) >= 11 is 0. The fourth-order valence-electron chi connectivity index (χ4n) is 6.63. The molecule has 4 heterocycles. The number of nitro groups is 1. The van der Waals surface area contributed by atoms with Gasteiger partial charge in [0, 0.05) is 50.0 Å². The molecule has 2 aliphatic heterocycles. The summed E-state index contributed by atoms with van der Waals surface area (Å²) in [5.74, 6) is -2.31. The number of aryl methyl sites for hydroxylation is 1. The van der Waals surface area contributed by atoms with Crippen LogP contribution in [-0.4, -0.2) is 88.6 Å². The van der Waals surface area contributed by atoms with Crippen LogP contribution in [0.2, 0.25) is 0 Å². The summed E-state index contributed by atoms with van der Waals surface area (Å²) in [6.45, 7) is 2.32. The van der Waals surface area contributed by atoms with Crippen LogP contribution in [0, 0.1) is 21.7 Å². The number of benzene rings is 2. The molecule has 292 valence electrons. The van der Waals surface area contributed by atoms with Crippen LogP contribution in [0.1, 0.15) is 36.1 Å². The highest BCUT2D eigenvalue weighted by atomic mass is 19.1. The van der Waals surface area contributed by atoms with Crippen molar-refractivity contribution in [2.75, 3.05) is 56.5 Å². The molecule has 0 saturated carbocycles. The first-order valence-corrected chi connectivity index (χ1v) is 17.5. The number of methoxy groups -OCH3 is 2. The first-order chi connectivity index (χ1) is 26.7. The number of anilines is 4. The van der Waals surface area contributed by atoms with Gasteiger partial charge in [0.1, 0.15) is 24.3 Å². The second kappa shape index (κ2) is 16.0. The molecule has 56 heavy (non-hydrogen) atoms. The highest BCUT2D eigenvalue weighted by molar-refractivity contribution is 6.06. The third-order valence-corrected chi connectivity index (χ3v) is 9.37. The number of ketones is 1. The standard InChI is InChI=1S/C38H41F2N10O6/c1-23(25-10-7-9-24(17-25)18-28(51)11-8-16-50(3,4)22-26-12-14-41-35(26)49(53)54)48-36-27(20-42-37(44-36)43-31-13-15-46(2)45-31)21-47(38(48)52)34-32(39)29(55-5)19-30(56-6)33(34)40/h7-11,13-15,17,19-20,23H,12,16,18,21-22H2,1-6H3,(H,42,43,44,45)/q+1/b11-8+. The predicted octanol–water partition coefficient (Wildman–Crippen LogP) is 5.66. The Balaban J connectivity index is 1.27. The van der Waals surface area contributed by atoms with Crippen LogP contribution in [0.15, 0.2) is 77.3 Å². The number of aromatic nitrogens is 4.